The first-order chi connectivity index (χ1) is 8.69. The number of pyridine rings is 1. The van der Waals surface area contributed by atoms with Crippen molar-refractivity contribution in [2.45, 2.75) is 32.5 Å². The largest absolute Gasteiger partial charge is 0.393 e. The third-order valence-electron chi connectivity index (χ3n) is 4.43. The number of rotatable bonds is 2. The highest BCUT2D eigenvalue weighted by Crippen LogP contribution is 2.40. The lowest BCUT2D eigenvalue weighted by atomic mass is 10.00. The zero-order chi connectivity index (χ0) is 12.7. The van der Waals surface area contributed by atoms with Crippen molar-refractivity contribution in [2.75, 3.05) is 18.0 Å². The first kappa shape index (κ1) is 11.9. The molecule has 0 radical (unpaired) electrons. The molecule has 4 heteroatoms. The average molecular weight is 248 g/mol. The second-order valence-electron chi connectivity index (χ2n) is 5.59. The topological polar surface area (TPSA) is 56.6 Å². The number of fused-ring (bicyclic) bond motifs is 1. The van der Waals surface area contributed by atoms with Gasteiger partial charge in [-0.25, -0.2) is 0 Å². The smallest absolute Gasteiger partial charge is 0.0717 e. The molecule has 0 spiro atoms. The number of aliphatic hydroxyl groups excluding tert-OH is 2. The van der Waals surface area contributed by atoms with Crippen LogP contribution in [0.15, 0.2) is 12.3 Å². The van der Waals surface area contributed by atoms with Crippen LogP contribution in [0.4, 0.5) is 5.69 Å². The Kier molecular flexibility index (Phi) is 2.99. The first-order valence-corrected chi connectivity index (χ1v) is 6.68. The van der Waals surface area contributed by atoms with Crippen LogP contribution in [0.2, 0.25) is 0 Å². The van der Waals surface area contributed by atoms with Crippen molar-refractivity contribution in [2.24, 2.45) is 11.8 Å². The van der Waals surface area contributed by atoms with Crippen LogP contribution in [0, 0.1) is 18.8 Å². The van der Waals surface area contributed by atoms with Gasteiger partial charge in [0.25, 0.3) is 0 Å². The molecule has 4 nitrogen and oxygen atoms in total. The summed E-state index contributed by atoms with van der Waals surface area (Å²) in [7, 11) is 0. The molecule has 1 aromatic rings. The van der Waals surface area contributed by atoms with Crippen molar-refractivity contribution in [3.8, 4) is 0 Å². The summed E-state index contributed by atoms with van der Waals surface area (Å²) in [6, 6.07) is 2.04. The van der Waals surface area contributed by atoms with E-state index in [0.717, 1.165) is 42.9 Å². The molecule has 18 heavy (non-hydrogen) atoms. The molecule has 0 aromatic carbocycles. The summed E-state index contributed by atoms with van der Waals surface area (Å²) in [5.41, 5.74) is 2.95. The lowest BCUT2D eigenvalue weighted by Crippen LogP contribution is -2.25. The molecule has 0 bridgehead atoms. The molecule has 1 aromatic heterocycles. The molecule has 1 aliphatic carbocycles. The Hall–Kier alpha value is -1.13. The number of aryl methyl sites for hydroxylation is 1. The van der Waals surface area contributed by atoms with Crippen LogP contribution in [-0.2, 0) is 6.61 Å². The van der Waals surface area contributed by atoms with E-state index in [4.69, 9.17) is 0 Å². The van der Waals surface area contributed by atoms with Gasteiger partial charge in [-0.05, 0) is 31.7 Å². The second-order valence-corrected chi connectivity index (χ2v) is 5.59. The zero-order valence-corrected chi connectivity index (χ0v) is 10.7. The molecule has 2 N–H and O–H groups in total. The van der Waals surface area contributed by atoms with Gasteiger partial charge in [0.2, 0.25) is 0 Å². The van der Waals surface area contributed by atoms with Crippen LogP contribution in [0.1, 0.15) is 24.1 Å². The van der Waals surface area contributed by atoms with Gasteiger partial charge in [-0.15, -0.1) is 0 Å². The van der Waals surface area contributed by atoms with Crippen LogP contribution in [0.5, 0.6) is 0 Å². The molecule has 1 saturated carbocycles. The molecule has 1 aliphatic heterocycles. The summed E-state index contributed by atoms with van der Waals surface area (Å²) in [6.45, 7) is 3.90. The molecule has 3 rings (SSSR count). The fourth-order valence-electron chi connectivity index (χ4n) is 3.42. The fourth-order valence-corrected chi connectivity index (χ4v) is 3.42. The van der Waals surface area contributed by atoms with Gasteiger partial charge >= 0.3 is 0 Å². The fraction of sp³-hybridized carbons (Fsp3) is 0.643. The van der Waals surface area contributed by atoms with Crippen molar-refractivity contribution in [3.05, 3.63) is 23.5 Å². The van der Waals surface area contributed by atoms with Gasteiger partial charge in [0, 0.05) is 42.1 Å². The number of nitrogens with zero attached hydrogens (tertiary/aromatic N) is 2. The van der Waals surface area contributed by atoms with E-state index >= 15 is 0 Å². The van der Waals surface area contributed by atoms with E-state index in [-0.39, 0.29) is 12.7 Å². The summed E-state index contributed by atoms with van der Waals surface area (Å²) >= 11 is 0. The first-order valence-electron chi connectivity index (χ1n) is 6.68. The van der Waals surface area contributed by atoms with Gasteiger partial charge < -0.3 is 15.1 Å². The molecule has 3 atom stereocenters. The van der Waals surface area contributed by atoms with Gasteiger partial charge in [-0.3, -0.25) is 4.98 Å². The van der Waals surface area contributed by atoms with E-state index in [2.05, 4.69) is 9.88 Å². The molecule has 2 fully saturated rings. The molecule has 3 unspecified atom stereocenters. The Balaban J connectivity index is 1.86. The van der Waals surface area contributed by atoms with Crippen molar-refractivity contribution in [1.29, 1.82) is 0 Å². The Bertz CT molecular complexity index is 449. The lowest BCUT2D eigenvalue weighted by Gasteiger charge is -2.23. The Morgan fingerprint density at radius 2 is 2.22 bits per heavy atom. The van der Waals surface area contributed by atoms with E-state index in [1.807, 2.05) is 13.0 Å². The SMILES string of the molecule is Cc1cc(N2CC3CCC(O)C3C2)c(CO)cn1. The Morgan fingerprint density at radius 1 is 1.39 bits per heavy atom. The minimum Gasteiger partial charge on any atom is -0.393 e. The third-order valence-corrected chi connectivity index (χ3v) is 4.43. The highest BCUT2D eigenvalue weighted by molar-refractivity contribution is 5.54. The zero-order valence-electron chi connectivity index (χ0n) is 10.7. The van der Waals surface area contributed by atoms with Crippen molar-refractivity contribution < 1.29 is 10.2 Å². The molecule has 1 saturated heterocycles. The minimum absolute atomic E-state index is 0.0248. The number of aromatic nitrogens is 1. The van der Waals surface area contributed by atoms with Crippen LogP contribution < -0.4 is 4.90 Å². The summed E-state index contributed by atoms with van der Waals surface area (Å²) in [5.74, 6) is 1.02. The van der Waals surface area contributed by atoms with E-state index in [9.17, 15) is 10.2 Å². The van der Waals surface area contributed by atoms with Crippen molar-refractivity contribution in [3.63, 3.8) is 0 Å². The summed E-state index contributed by atoms with van der Waals surface area (Å²) < 4.78 is 0. The molecule has 2 aliphatic rings. The maximum Gasteiger partial charge on any atom is 0.0717 e. The maximum absolute atomic E-state index is 9.96. The third kappa shape index (κ3) is 1.89. The van der Waals surface area contributed by atoms with E-state index in [1.165, 1.54) is 0 Å². The predicted molar refractivity (Wildman–Crippen MR) is 69.3 cm³/mol. The van der Waals surface area contributed by atoms with Crippen LogP contribution in [0.3, 0.4) is 0 Å². The standard InChI is InChI=1S/C14H20N2O2/c1-9-4-13(11(8-17)5-15-9)16-6-10-2-3-14(18)12(10)7-16/h4-5,10,12,14,17-18H,2-3,6-8H2,1H3. The van der Waals surface area contributed by atoms with Gasteiger partial charge in [-0.1, -0.05) is 0 Å². The van der Waals surface area contributed by atoms with Gasteiger partial charge in [0.05, 0.1) is 12.7 Å². The molecular formula is C14H20N2O2. The van der Waals surface area contributed by atoms with E-state index in [0.29, 0.717) is 11.8 Å². The number of anilines is 1. The Morgan fingerprint density at radius 3 is 2.94 bits per heavy atom. The van der Waals surface area contributed by atoms with Crippen LogP contribution >= 0.6 is 0 Å². The predicted octanol–water partition coefficient (Wildman–Crippen LogP) is 1.09. The number of hydrogen-bond donors (Lipinski definition) is 2. The Labute approximate surface area is 107 Å². The molecule has 98 valence electrons. The molecule has 2 heterocycles. The average Bonchev–Trinajstić information content (AvgIpc) is 2.92. The molecule has 0 amide bonds. The quantitative estimate of drug-likeness (QED) is 0.822. The second kappa shape index (κ2) is 4.52. The van der Waals surface area contributed by atoms with Crippen LogP contribution in [-0.4, -0.2) is 34.4 Å². The minimum atomic E-state index is -0.138. The van der Waals surface area contributed by atoms with Crippen molar-refractivity contribution >= 4 is 5.69 Å². The highest BCUT2D eigenvalue weighted by Gasteiger charge is 2.42. The summed E-state index contributed by atoms with van der Waals surface area (Å²) in [5, 5.41) is 19.4. The normalized spacial score (nSPS) is 30.8. The summed E-state index contributed by atoms with van der Waals surface area (Å²) in [4.78, 5) is 6.54. The molecular weight excluding hydrogens is 228 g/mol. The van der Waals surface area contributed by atoms with Gasteiger partial charge in [-0.2, -0.15) is 0 Å². The maximum atomic E-state index is 9.96. The highest BCUT2D eigenvalue weighted by atomic mass is 16.3. The summed E-state index contributed by atoms with van der Waals surface area (Å²) in [6.07, 6.45) is 3.70. The number of aliphatic hydroxyl groups is 2. The van der Waals surface area contributed by atoms with Gasteiger partial charge in [0.1, 0.15) is 0 Å². The van der Waals surface area contributed by atoms with Gasteiger partial charge in [0.15, 0.2) is 0 Å². The number of hydrogen-bond acceptors (Lipinski definition) is 4. The van der Waals surface area contributed by atoms with Crippen LogP contribution in [0.25, 0.3) is 0 Å². The van der Waals surface area contributed by atoms with E-state index in [1.54, 1.807) is 6.20 Å². The monoisotopic (exact) mass is 248 g/mol. The van der Waals surface area contributed by atoms with Crippen molar-refractivity contribution in [1.82, 2.24) is 4.98 Å². The van der Waals surface area contributed by atoms with E-state index < -0.39 is 0 Å². The lowest BCUT2D eigenvalue weighted by molar-refractivity contribution is 0.133.